The number of nitrogens with zero attached hydrogens (tertiary/aromatic N) is 4. The molecule has 0 spiro atoms. The van der Waals surface area contributed by atoms with E-state index in [9.17, 15) is 4.79 Å². The molecule has 3 rings (SSSR count). The first kappa shape index (κ1) is 22.5. The Morgan fingerprint density at radius 3 is 2.80 bits per heavy atom. The predicted molar refractivity (Wildman–Crippen MR) is 120 cm³/mol. The predicted octanol–water partition coefficient (Wildman–Crippen LogP) is 1.85. The van der Waals surface area contributed by atoms with E-state index in [4.69, 9.17) is 15.5 Å². The third-order valence-electron chi connectivity index (χ3n) is 4.89. The standard InChI is InChI=1S/C21H30N6O2S/c1-15(22)20(28)24-16-5-4-6-17(13-16)30-19-14-23-21(25-18(19)7-12-29-3)27-10-8-26(2)9-11-27/h4-6,13-15H,7-12,22H2,1-3H3,(H,24,28). The number of hydrogen-bond donors (Lipinski definition) is 2. The fourth-order valence-corrected chi connectivity index (χ4v) is 4.00. The van der Waals surface area contributed by atoms with Gasteiger partial charge in [-0.2, -0.15) is 0 Å². The second-order valence-electron chi connectivity index (χ2n) is 7.42. The highest BCUT2D eigenvalue weighted by Crippen LogP contribution is 2.32. The molecule has 1 unspecified atom stereocenters. The molecule has 0 radical (unpaired) electrons. The average Bonchev–Trinajstić information content (AvgIpc) is 2.74. The second-order valence-corrected chi connectivity index (χ2v) is 8.54. The van der Waals surface area contributed by atoms with E-state index >= 15 is 0 Å². The van der Waals surface area contributed by atoms with Gasteiger partial charge in [0.2, 0.25) is 11.9 Å². The van der Waals surface area contributed by atoms with Crippen molar-refractivity contribution in [3.05, 3.63) is 36.2 Å². The molecule has 3 N–H and O–H groups in total. The van der Waals surface area contributed by atoms with Crippen molar-refractivity contribution in [2.75, 3.05) is 57.2 Å². The minimum Gasteiger partial charge on any atom is -0.384 e. The van der Waals surface area contributed by atoms with E-state index in [0.717, 1.165) is 53.3 Å². The number of likely N-dealkylation sites (N-methyl/N-ethyl adjacent to an activating group) is 1. The topological polar surface area (TPSA) is 96.6 Å². The number of anilines is 2. The highest BCUT2D eigenvalue weighted by molar-refractivity contribution is 7.99. The van der Waals surface area contributed by atoms with Crippen molar-refractivity contribution in [3.8, 4) is 0 Å². The van der Waals surface area contributed by atoms with E-state index in [0.29, 0.717) is 13.0 Å². The Morgan fingerprint density at radius 2 is 2.10 bits per heavy atom. The van der Waals surface area contributed by atoms with Crippen LogP contribution in [0.1, 0.15) is 12.6 Å². The van der Waals surface area contributed by atoms with Crippen LogP contribution in [0.15, 0.2) is 40.3 Å². The van der Waals surface area contributed by atoms with Gasteiger partial charge in [0.25, 0.3) is 0 Å². The number of piperazine rings is 1. The lowest BCUT2D eigenvalue weighted by Crippen LogP contribution is -2.45. The van der Waals surface area contributed by atoms with Gasteiger partial charge in [0.1, 0.15) is 0 Å². The number of carbonyl (C=O) groups excluding carboxylic acids is 1. The summed E-state index contributed by atoms with van der Waals surface area (Å²) in [7, 11) is 3.83. The van der Waals surface area contributed by atoms with Gasteiger partial charge in [0.15, 0.2) is 0 Å². The zero-order valence-corrected chi connectivity index (χ0v) is 18.6. The summed E-state index contributed by atoms with van der Waals surface area (Å²) in [6.07, 6.45) is 2.60. The molecular formula is C21H30N6O2S. The SMILES string of the molecule is COCCc1nc(N2CCN(C)CC2)ncc1Sc1cccc(NC(=O)C(C)N)c1. The zero-order chi connectivity index (χ0) is 21.5. The van der Waals surface area contributed by atoms with E-state index < -0.39 is 6.04 Å². The number of methoxy groups -OCH3 is 1. The first-order valence-corrected chi connectivity index (χ1v) is 10.9. The molecule has 0 aliphatic carbocycles. The normalized spacial score (nSPS) is 15.8. The van der Waals surface area contributed by atoms with E-state index in [1.807, 2.05) is 30.5 Å². The van der Waals surface area contributed by atoms with Gasteiger partial charge < -0.3 is 25.6 Å². The summed E-state index contributed by atoms with van der Waals surface area (Å²) in [6, 6.07) is 7.13. The maximum Gasteiger partial charge on any atom is 0.240 e. The van der Waals surface area contributed by atoms with E-state index in [1.165, 1.54) is 0 Å². The number of ether oxygens (including phenoxy) is 1. The quantitative estimate of drug-likeness (QED) is 0.655. The van der Waals surface area contributed by atoms with Crippen molar-refractivity contribution in [2.24, 2.45) is 5.73 Å². The Kier molecular flexibility index (Phi) is 8.03. The van der Waals surface area contributed by atoms with Crippen LogP contribution in [-0.4, -0.2) is 73.8 Å². The Balaban J connectivity index is 1.78. The maximum absolute atomic E-state index is 11.9. The summed E-state index contributed by atoms with van der Waals surface area (Å²) in [5, 5.41) is 2.83. The van der Waals surface area contributed by atoms with Crippen molar-refractivity contribution in [2.45, 2.75) is 29.2 Å². The molecular weight excluding hydrogens is 400 g/mol. The summed E-state index contributed by atoms with van der Waals surface area (Å²) in [5.74, 6) is 0.564. The fraction of sp³-hybridized carbons (Fsp3) is 0.476. The molecule has 30 heavy (non-hydrogen) atoms. The summed E-state index contributed by atoms with van der Waals surface area (Å²) in [4.78, 5) is 27.9. The number of amides is 1. The third-order valence-corrected chi connectivity index (χ3v) is 5.94. The Bertz CT molecular complexity index is 855. The molecule has 1 aliphatic rings. The van der Waals surface area contributed by atoms with Crippen molar-refractivity contribution in [1.29, 1.82) is 0 Å². The van der Waals surface area contributed by atoms with E-state index in [1.54, 1.807) is 25.8 Å². The lowest BCUT2D eigenvalue weighted by atomic mass is 10.3. The van der Waals surface area contributed by atoms with Crippen molar-refractivity contribution in [3.63, 3.8) is 0 Å². The molecule has 1 atom stereocenters. The molecule has 1 aromatic carbocycles. The summed E-state index contributed by atoms with van der Waals surface area (Å²) in [6.45, 7) is 6.12. The van der Waals surface area contributed by atoms with Crippen LogP contribution in [-0.2, 0) is 16.0 Å². The summed E-state index contributed by atoms with van der Waals surface area (Å²) in [5.41, 5.74) is 7.33. The van der Waals surface area contributed by atoms with Crippen LogP contribution in [0.5, 0.6) is 0 Å². The van der Waals surface area contributed by atoms with Crippen molar-refractivity contribution < 1.29 is 9.53 Å². The van der Waals surface area contributed by atoms with Gasteiger partial charge in [-0.05, 0) is 32.2 Å². The highest BCUT2D eigenvalue weighted by atomic mass is 32.2. The van der Waals surface area contributed by atoms with Gasteiger partial charge in [-0.15, -0.1) is 0 Å². The summed E-state index contributed by atoms with van der Waals surface area (Å²) >= 11 is 1.58. The minimum absolute atomic E-state index is 0.210. The molecule has 162 valence electrons. The zero-order valence-electron chi connectivity index (χ0n) is 17.8. The second kappa shape index (κ2) is 10.7. The van der Waals surface area contributed by atoms with Gasteiger partial charge >= 0.3 is 0 Å². The van der Waals surface area contributed by atoms with Crippen LogP contribution >= 0.6 is 11.8 Å². The minimum atomic E-state index is -0.558. The van der Waals surface area contributed by atoms with Gasteiger partial charge in [-0.1, -0.05) is 17.8 Å². The lowest BCUT2D eigenvalue weighted by Gasteiger charge is -2.32. The number of aromatic nitrogens is 2. The van der Waals surface area contributed by atoms with Crippen LogP contribution < -0.4 is 16.0 Å². The Morgan fingerprint density at radius 1 is 1.33 bits per heavy atom. The van der Waals surface area contributed by atoms with Crippen molar-refractivity contribution in [1.82, 2.24) is 14.9 Å². The van der Waals surface area contributed by atoms with Crippen LogP contribution in [0.2, 0.25) is 0 Å². The molecule has 1 fully saturated rings. The number of rotatable bonds is 8. The molecule has 0 saturated carbocycles. The third kappa shape index (κ3) is 6.15. The molecule has 9 heteroatoms. The number of nitrogens with two attached hydrogens (primary N) is 1. The number of nitrogens with one attached hydrogen (secondary N) is 1. The first-order valence-electron chi connectivity index (χ1n) is 10.1. The lowest BCUT2D eigenvalue weighted by molar-refractivity contribution is -0.117. The van der Waals surface area contributed by atoms with Crippen molar-refractivity contribution >= 4 is 29.3 Å². The fourth-order valence-electron chi connectivity index (χ4n) is 3.04. The van der Waals surface area contributed by atoms with Gasteiger partial charge in [-0.3, -0.25) is 4.79 Å². The molecule has 1 aromatic heterocycles. The van der Waals surface area contributed by atoms with E-state index in [2.05, 4.69) is 27.1 Å². The van der Waals surface area contributed by atoms with Crippen LogP contribution in [0.3, 0.4) is 0 Å². The van der Waals surface area contributed by atoms with Crippen LogP contribution in [0, 0.1) is 0 Å². The molecule has 1 amide bonds. The number of benzene rings is 1. The Hall–Kier alpha value is -2.20. The number of carbonyl (C=O) groups is 1. The molecule has 2 aromatic rings. The van der Waals surface area contributed by atoms with Gasteiger partial charge in [0, 0.05) is 56.5 Å². The van der Waals surface area contributed by atoms with Gasteiger partial charge in [-0.25, -0.2) is 9.97 Å². The Labute approximate surface area is 182 Å². The smallest absolute Gasteiger partial charge is 0.240 e. The van der Waals surface area contributed by atoms with E-state index in [-0.39, 0.29) is 5.91 Å². The van der Waals surface area contributed by atoms with Crippen LogP contribution in [0.25, 0.3) is 0 Å². The highest BCUT2D eigenvalue weighted by Gasteiger charge is 2.18. The maximum atomic E-state index is 11.9. The number of hydrogen-bond acceptors (Lipinski definition) is 8. The molecule has 2 heterocycles. The average molecular weight is 431 g/mol. The largest absolute Gasteiger partial charge is 0.384 e. The first-order chi connectivity index (χ1) is 14.5. The molecule has 1 aliphatic heterocycles. The van der Waals surface area contributed by atoms with Gasteiger partial charge in [0.05, 0.1) is 23.2 Å². The molecule has 8 nitrogen and oxygen atoms in total. The monoisotopic (exact) mass is 430 g/mol. The molecule has 0 bridgehead atoms. The summed E-state index contributed by atoms with van der Waals surface area (Å²) < 4.78 is 5.29. The molecule has 1 saturated heterocycles. The van der Waals surface area contributed by atoms with Crippen LogP contribution in [0.4, 0.5) is 11.6 Å².